The fraction of sp³-hybridized carbons (Fsp3) is 1.00. The summed E-state index contributed by atoms with van der Waals surface area (Å²) in [4.78, 5) is 0. The van der Waals surface area contributed by atoms with E-state index in [2.05, 4.69) is 20.8 Å². The van der Waals surface area contributed by atoms with Crippen molar-refractivity contribution in [2.45, 2.75) is 84.3 Å². The summed E-state index contributed by atoms with van der Waals surface area (Å²) in [6.07, 6.45) is 8.36. The summed E-state index contributed by atoms with van der Waals surface area (Å²) in [5.74, 6) is 1.13. The zero-order valence-electron chi connectivity index (χ0n) is 15.0. The first kappa shape index (κ1) is 16.4. The van der Waals surface area contributed by atoms with Crippen LogP contribution >= 0.6 is 0 Å². The molecule has 23 heavy (non-hydrogen) atoms. The van der Waals surface area contributed by atoms with Gasteiger partial charge in [0.2, 0.25) is 0 Å². The summed E-state index contributed by atoms with van der Waals surface area (Å²) >= 11 is 0. The minimum absolute atomic E-state index is 0.00508. The van der Waals surface area contributed by atoms with Gasteiger partial charge >= 0.3 is 0 Å². The lowest BCUT2D eigenvalue weighted by Crippen LogP contribution is -2.60. The number of hydrogen-bond donors (Lipinski definition) is 3. The van der Waals surface area contributed by atoms with Crippen LogP contribution in [0.5, 0.6) is 0 Å². The Bertz CT molecular complexity index is 507. The fourth-order valence-corrected chi connectivity index (χ4v) is 7.63. The average molecular weight is 322 g/mol. The highest BCUT2D eigenvalue weighted by atomic mass is 16.3. The maximum atomic E-state index is 11.2. The van der Waals surface area contributed by atoms with Crippen LogP contribution in [0, 0.1) is 33.5 Å². The normalized spacial score (nSPS) is 59.5. The molecule has 0 saturated heterocycles. The Morgan fingerprint density at radius 3 is 2.52 bits per heavy atom. The highest BCUT2D eigenvalue weighted by molar-refractivity contribution is 5.23. The van der Waals surface area contributed by atoms with Crippen molar-refractivity contribution in [1.82, 2.24) is 0 Å². The van der Waals surface area contributed by atoms with Crippen LogP contribution in [0.15, 0.2) is 0 Å². The molecule has 0 aromatic carbocycles. The number of rotatable bonds is 2. The molecule has 3 nitrogen and oxygen atoms in total. The van der Waals surface area contributed by atoms with Crippen LogP contribution in [0.25, 0.3) is 0 Å². The SMILES string of the molecule is C[C@@]1([C@H](O)CO)C[C@@H]2CC[C@@]34C[C@]3(C)CCC[C@@H]4[C@@]2(C)[C@H](O)C1. The Morgan fingerprint density at radius 2 is 1.83 bits per heavy atom. The molecule has 0 aromatic heterocycles. The minimum atomic E-state index is -0.713. The van der Waals surface area contributed by atoms with E-state index < -0.39 is 6.10 Å². The molecule has 3 N–H and O–H groups in total. The predicted octanol–water partition coefficient (Wildman–Crippen LogP) is 3.11. The molecule has 4 rings (SSSR count). The van der Waals surface area contributed by atoms with Gasteiger partial charge in [0.15, 0.2) is 0 Å². The van der Waals surface area contributed by atoms with E-state index in [1.165, 1.54) is 38.5 Å². The van der Waals surface area contributed by atoms with Crippen LogP contribution in [0.4, 0.5) is 0 Å². The lowest BCUT2D eigenvalue weighted by molar-refractivity contribution is -0.193. The molecule has 132 valence electrons. The molecule has 0 aromatic rings. The molecule has 0 aliphatic heterocycles. The molecule has 1 spiro atoms. The van der Waals surface area contributed by atoms with Crippen LogP contribution in [0.1, 0.15) is 72.1 Å². The van der Waals surface area contributed by atoms with Crippen molar-refractivity contribution in [3.05, 3.63) is 0 Å². The lowest BCUT2D eigenvalue weighted by Gasteiger charge is -2.62. The van der Waals surface area contributed by atoms with Crippen molar-refractivity contribution in [1.29, 1.82) is 0 Å². The van der Waals surface area contributed by atoms with Crippen molar-refractivity contribution < 1.29 is 15.3 Å². The van der Waals surface area contributed by atoms with Crippen molar-refractivity contribution in [3.63, 3.8) is 0 Å². The Hall–Kier alpha value is -0.120. The van der Waals surface area contributed by atoms with Gasteiger partial charge in [0.25, 0.3) is 0 Å². The largest absolute Gasteiger partial charge is 0.394 e. The molecular weight excluding hydrogens is 288 g/mol. The number of fused-ring (bicyclic) bond motifs is 2. The number of aliphatic hydroxyl groups excluding tert-OH is 3. The van der Waals surface area contributed by atoms with Gasteiger partial charge in [-0.2, -0.15) is 0 Å². The highest BCUT2D eigenvalue weighted by Crippen LogP contribution is 2.81. The topological polar surface area (TPSA) is 60.7 Å². The summed E-state index contributed by atoms with van der Waals surface area (Å²) in [6.45, 7) is 6.70. The van der Waals surface area contributed by atoms with Gasteiger partial charge in [-0.25, -0.2) is 0 Å². The van der Waals surface area contributed by atoms with Crippen molar-refractivity contribution in [2.75, 3.05) is 6.61 Å². The molecule has 3 heteroatoms. The first-order valence-electron chi connectivity index (χ1n) is 9.69. The van der Waals surface area contributed by atoms with E-state index in [-0.39, 0.29) is 23.5 Å². The van der Waals surface area contributed by atoms with Gasteiger partial charge in [-0.3, -0.25) is 0 Å². The van der Waals surface area contributed by atoms with Crippen LogP contribution < -0.4 is 0 Å². The molecule has 4 saturated carbocycles. The fourth-order valence-electron chi connectivity index (χ4n) is 7.63. The van der Waals surface area contributed by atoms with Crippen molar-refractivity contribution in [2.24, 2.45) is 33.5 Å². The third-order valence-corrected chi connectivity index (χ3v) is 9.31. The van der Waals surface area contributed by atoms with E-state index in [0.29, 0.717) is 29.1 Å². The molecular formula is C20H34O3. The zero-order chi connectivity index (χ0) is 16.7. The lowest BCUT2D eigenvalue weighted by atomic mass is 9.44. The second-order valence-corrected chi connectivity index (χ2v) is 10.2. The molecule has 0 radical (unpaired) electrons. The molecule has 0 amide bonds. The monoisotopic (exact) mass is 322 g/mol. The van der Waals surface area contributed by atoms with E-state index >= 15 is 0 Å². The third kappa shape index (κ3) is 1.88. The van der Waals surface area contributed by atoms with Gasteiger partial charge < -0.3 is 15.3 Å². The quantitative estimate of drug-likeness (QED) is 0.732. The molecule has 8 atom stereocenters. The van der Waals surface area contributed by atoms with Crippen LogP contribution in [-0.2, 0) is 0 Å². The molecule has 4 aliphatic carbocycles. The van der Waals surface area contributed by atoms with E-state index in [1.54, 1.807) is 0 Å². The molecule has 0 unspecified atom stereocenters. The first-order chi connectivity index (χ1) is 10.7. The first-order valence-corrected chi connectivity index (χ1v) is 9.69. The van der Waals surface area contributed by atoms with Gasteiger partial charge in [0.05, 0.1) is 18.8 Å². The van der Waals surface area contributed by atoms with Gasteiger partial charge in [0, 0.05) is 0 Å². The van der Waals surface area contributed by atoms with Gasteiger partial charge in [-0.1, -0.05) is 27.2 Å². The summed E-state index contributed by atoms with van der Waals surface area (Å²) < 4.78 is 0. The van der Waals surface area contributed by atoms with Gasteiger partial charge in [0.1, 0.15) is 0 Å². The van der Waals surface area contributed by atoms with Crippen LogP contribution in [0.3, 0.4) is 0 Å². The Labute approximate surface area is 140 Å². The van der Waals surface area contributed by atoms with E-state index in [4.69, 9.17) is 0 Å². The summed E-state index contributed by atoms with van der Waals surface area (Å²) in [5.41, 5.74) is 0.700. The van der Waals surface area contributed by atoms with Crippen molar-refractivity contribution >= 4 is 0 Å². The minimum Gasteiger partial charge on any atom is -0.394 e. The Kier molecular flexibility index (Phi) is 3.37. The zero-order valence-corrected chi connectivity index (χ0v) is 15.0. The predicted molar refractivity (Wildman–Crippen MR) is 89.8 cm³/mol. The third-order valence-electron chi connectivity index (χ3n) is 9.31. The molecule has 4 aliphatic rings. The van der Waals surface area contributed by atoms with Crippen molar-refractivity contribution in [3.8, 4) is 0 Å². The van der Waals surface area contributed by atoms with Gasteiger partial charge in [-0.05, 0) is 78.4 Å². The summed E-state index contributed by atoms with van der Waals surface area (Å²) in [6, 6.07) is 0. The molecule has 0 bridgehead atoms. The maximum absolute atomic E-state index is 11.2. The number of hydrogen-bond acceptors (Lipinski definition) is 3. The van der Waals surface area contributed by atoms with E-state index in [0.717, 1.165) is 6.42 Å². The van der Waals surface area contributed by atoms with E-state index in [1.807, 2.05) is 0 Å². The second-order valence-electron chi connectivity index (χ2n) is 10.2. The average Bonchev–Trinajstić information content (AvgIpc) is 3.13. The summed E-state index contributed by atoms with van der Waals surface area (Å²) in [5, 5.41) is 30.9. The highest BCUT2D eigenvalue weighted by Gasteiger charge is 2.75. The maximum Gasteiger partial charge on any atom is 0.0825 e. The van der Waals surface area contributed by atoms with E-state index in [9.17, 15) is 15.3 Å². The second kappa shape index (κ2) is 4.74. The van der Waals surface area contributed by atoms with Crippen LogP contribution in [-0.4, -0.2) is 34.1 Å². The number of aliphatic hydroxyl groups is 3. The standard InChI is InChI=1S/C20H34O3/c1-17(16(23)11-21)9-13-6-8-20-12-18(20,2)7-4-5-14(20)19(13,3)15(22)10-17/h13-16,21-23H,4-12H2,1-3H3/t13-,14+,15+,16+,17+,18-,19-,20-/m0/s1. The molecule has 4 fully saturated rings. The Morgan fingerprint density at radius 1 is 1.09 bits per heavy atom. The van der Waals surface area contributed by atoms with Gasteiger partial charge in [-0.15, -0.1) is 0 Å². The Balaban J connectivity index is 1.66. The molecule has 0 heterocycles. The van der Waals surface area contributed by atoms with Crippen LogP contribution in [0.2, 0.25) is 0 Å². The summed E-state index contributed by atoms with van der Waals surface area (Å²) in [7, 11) is 0. The smallest absolute Gasteiger partial charge is 0.0825 e.